The van der Waals surface area contributed by atoms with Crippen LogP contribution in [0.25, 0.3) is 21.9 Å². The highest BCUT2D eigenvalue weighted by molar-refractivity contribution is 6.05. The molecule has 1 aliphatic rings. The quantitative estimate of drug-likeness (QED) is 0.0554. The van der Waals surface area contributed by atoms with Crippen LogP contribution in [-0.2, 0) is 24.3 Å². The molecule has 0 spiro atoms. The number of carbonyl (C=O) groups is 2. The number of ether oxygens (including phenoxy) is 2. The molecule has 0 aliphatic heterocycles. The van der Waals surface area contributed by atoms with Crippen molar-refractivity contribution in [3.05, 3.63) is 46.8 Å². The van der Waals surface area contributed by atoms with E-state index < -0.39 is 12.1 Å². The molecule has 2 heterocycles. The Labute approximate surface area is 274 Å². The van der Waals surface area contributed by atoms with Crippen LogP contribution in [0.5, 0.6) is 5.88 Å². The Morgan fingerprint density at radius 3 is 2.26 bits per heavy atom. The van der Waals surface area contributed by atoms with Gasteiger partial charge in [0.15, 0.2) is 23.7 Å². The van der Waals surface area contributed by atoms with Gasteiger partial charge in [-0.1, -0.05) is 57.9 Å². The lowest BCUT2D eigenvalue weighted by atomic mass is 9.75. The standard InChI is InChI=1S/C34H39N5O8/c1-8-42-44-18-12-16-38(17-13-19-45-43-9-2)34(41)47-32-28(35-7)27(33(40)46-29-24(5)20-22(3)21-25(29)6)31-36-30(37-39(31)32)26-15-11-10-14-23(26)4/h1-2,10-11,14-15,22,24-25,29H,12-13,16-21H2,3-6H3,(H,36,37). The largest absolute Gasteiger partial charge is 0.459 e. The Bertz CT molecular complexity index is 1640. The maximum absolute atomic E-state index is 13.9. The summed E-state index contributed by atoms with van der Waals surface area (Å²) in [6.45, 7) is 16.8. The monoisotopic (exact) mass is 645 g/mol. The van der Waals surface area contributed by atoms with Crippen molar-refractivity contribution in [1.29, 1.82) is 0 Å². The van der Waals surface area contributed by atoms with Crippen molar-refractivity contribution in [3.8, 4) is 42.3 Å². The molecular weight excluding hydrogens is 606 g/mol. The van der Waals surface area contributed by atoms with Gasteiger partial charge in [0.2, 0.25) is 5.88 Å². The van der Waals surface area contributed by atoms with Gasteiger partial charge in [0.25, 0.3) is 5.69 Å². The molecule has 3 aromatic rings. The minimum atomic E-state index is -0.791. The number of hydrogen-bond donors (Lipinski definition) is 1. The number of nitrogens with zero attached hydrogens (tertiary/aromatic N) is 4. The highest BCUT2D eigenvalue weighted by Crippen LogP contribution is 2.41. The Hall–Kier alpha value is -5.16. The summed E-state index contributed by atoms with van der Waals surface area (Å²) >= 11 is 0. The molecule has 13 nitrogen and oxygen atoms in total. The summed E-state index contributed by atoms with van der Waals surface area (Å²) in [5.74, 6) is 0.295. The number of fused-ring (bicyclic) bond motifs is 1. The fraction of sp³-hybridized carbons (Fsp3) is 0.471. The maximum Gasteiger partial charge on any atom is 0.415 e. The number of aromatic nitrogens is 3. The minimum Gasteiger partial charge on any atom is -0.459 e. The number of H-pyrrole nitrogens is 1. The lowest BCUT2D eigenvalue weighted by Gasteiger charge is -2.37. The highest BCUT2D eigenvalue weighted by Gasteiger charge is 2.37. The molecule has 13 heteroatoms. The molecule has 2 unspecified atom stereocenters. The van der Waals surface area contributed by atoms with Gasteiger partial charge < -0.3 is 14.4 Å². The molecule has 0 radical (unpaired) electrons. The molecular formula is C34H39N5O8. The first-order valence-corrected chi connectivity index (χ1v) is 15.4. The lowest BCUT2D eigenvalue weighted by Crippen LogP contribution is -2.37. The van der Waals surface area contributed by atoms with Crippen LogP contribution in [0.3, 0.4) is 0 Å². The van der Waals surface area contributed by atoms with Gasteiger partial charge in [0.05, 0.1) is 19.8 Å². The van der Waals surface area contributed by atoms with Crippen molar-refractivity contribution in [2.24, 2.45) is 17.8 Å². The van der Waals surface area contributed by atoms with Gasteiger partial charge in [0.1, 0.15) is 11.7 Å². The summed E-state index contributed by atoms with van der Waals surface area (Å²) in [5, 5.41) is 3.12. The van der Waals surface area contributed by atoms with Gasteiger partial charge in [-0.25, -0.2) is 23.9 Å². The Morgan fingerprint density at radius 1 is 1.06 bits per heavy atom. The SMILES string of the molecule is [C-]#[N+]c1c(C(=O)OC2C(C)CC(C)CC2C)c2nc(-c3ccccc3C)[nH]n2c1OC(=O)N(CCCOOC#C)CCCOOC#C. The average molecular weight is 646 g/mol. The number of terminal acetylenes is 2. The van der Waals surface area contributed by atoms with E-state index in [1.54, 1.807) is 0 Å². The van der Waals surface area contributed by atoms with Crippen LogP contribution in [-0.4, -0.2) is 64.0 Å². The number of aryl methyl sites for hydroxylation is 1. The third kappa shape index (κ3) is 8.36. The molecule has 1 fully saturated rings. The smallest absolute Gasteiger partial charge is 0.415 e. The van der Waals surface area contributed by atoms with E-state index in [1.165, 1.54) is 9.42 Å². The lowest BCUT2D eigenvalue weighted by molar-refractivity contribution is -0.238. The van der Waals surface area contributed by atoms with Crippen molar-refractivity contribution in [1.82, 2.24) is 19.5 Å². The predicted molar refractivity (Wildman–Crippen MR) is 170 cm³/mol. The molecule has 1 aromatic carbocycles. The molecule has 1 amide bonds. The summed E-state index contributed by atoms with van der Waals surface area (Å²) in [4.78, 5) is 55.9. The van der Waals surface area contributed by atoms with Gasteiger partial charge >= 0.3 is 12.1 Å². The zero-order valence-corrected chi connectivity index (χ0v) is 27.0. The van der Waals surface area contributed by atoms with E-state index in [2.05, 4.69) is 40.5 Å². The van der Waals surface area contributed by atoms with Crippen LogP contribution in [0.1, 0.15) is 62.4 Å². The van der Waals surface area contributed by atoms with Gasteiger partial charge in [0, 0.05) is 18.7 Å². The molecule has 2 aromatic heterocycles. The first-order chi connectivity index (χ1) is 22.7. The van der Waals surface area contributed by atoms with E-state index in [1.807, 2.05) is 43.4 Å². The molecule has 0 bridgehead atoms. The van der Waals surface area contributed by atoms with E-state index in [9.17, 15) is 9.59 Å². The zero-order chi connectivity index (χ0) is 33.9. The van der Waals surface area contributed by atoms with Crippen molar-refractivity contribution < 1.29 is 38.6 Å². The number of esters is 1. The third-order valence-corrected chi connectivity index (χ3v) is 8.11. The third-order valence-electron chi connectivity index (χ3n) is 8.11. The van der Waals surface area contributed by atoms with E-state index in [-0.39, 0.29) is 67.0 Å². The molecule has 248 valence electrons. The topological polar surface area (TPSA) is 130 Å². The number of benzene rings is 1. The Morgan fingerprint density at radius 2 is 1.68 bits per heavy atom. The number of rotatable bonds is 14. The van der Waals surface area contributed by atoms with E-state index in [0.717, 1.165) is 24.0 Å². The average Bonchev–Trinajstić information content (AvgIpc) is 3.58. The van der Waals surface area contributed by atoms with Crippen molar-refractivity contribution >= 4 is 23.4 Å². The van der Waals surface area contributed by atoms with Crippen LogP contribution in [0.2, 0.25) is 0 Å². The Kier molecular flexibility index (Phi) is 12.1. The summed E-state index contributed by atoms with van der Waals surface area (Å²) in [7, 11) is 0. The second-order valence-corrected chi connectivity index (χ2v) is 11.7. The molecule has 1 saturated carbocycles. The number of amides is 1. The van der Waals surface area contributed by atoms with Gasteiger partial charge in [-0.2, -0.15) is 9.78 Å². The first-order valence-electron chi connectivity index (χ1n) is 15.4. The highest BCUT2D eigenvalue weighted by atomic mass is 17.2. The van der Waals surface area contributed by atoms with E-state index in [4.69, 9.17) is 43.7 Å². The van der Waals surface area contributed by atoms with E-state index >= 15 is 0 Å². The second-order valence-electron chi connectivity index (χ2n) is 11.7. The van der Waals surface area contributed by atoms with Gasteiger partial charge in [-0.05, 0) is 55.9 Å². The second kappa shape index (κ2) is 16.4. The summed E-state index contributed by atoms with van der Waals surface area (Å²) in [5.41, 5.74) is 1.53. The summed E-state index contributed by atoms with van der Waals surface area (Å²) in [6.07, 6.45) is 15.3. The molecule has 0 saturated heterocycles. The number of hydrogen-bond acceptors (Lipinski definition) is 9. The van der Waals surface area contributed by atoms with Gasteiger partial charge in [-0.15, -0.1) is 0 Å². The van der Waals surface area contributed by atoms with E-state index in [0.29, 0.717) is 24.6 Å². The minimum absolute atomic E-state index is 0.0804. The van der Waals surface area contributed by atoms with Crippen molar-refractivity contribution in [2.75, 3.05) is 26.3 Å². The number of carbonyl (C=O) groups excluding carboxylic acids is 2. The zero-order valence-electron chi connectivity index (χ0n) is 27.0. The fourth-order valence-corrected chi connectivity index (χ4v) is 6.15. The number of aromatic amines is 1. The number of nitrogens with one attached hydrogen (secondary N) is 1. The van der Waals surface area contributed by atoms with Crippen molar-refractivity contribution in [3.63, 3.8) is 0 Å². The van der Waals surface area contributed by atoms with Gasteiger partial charge in [-0.3, -0.25) is 14.9 Å². The fourth-order valence-electron chi connectivity index (χ4n) is 6.15. The summed E-state index contributed by atoms with van der Waals surface area (Å²) in [6, 6.07) is 7.56. The Balaban J connectivity index is 1.70. The maximum atomic E-state index is 13.9. The normalized spacial score (nSPS) is 18.8. The molecule has 1 N–H and O–H groups in total. The van der Waals surface area contributed by atoms with Crippen LogP contribution < -0.4 is 4.74 Å². The molecule has 47 heavy (non-hydrogen) atoms. The molecule has 4 rings (SSSR count). The molecule has 1 aliphatic carbocycles. The van der Waals surface area contributed by atoms with Crippen LogP contribution in [0, 0.1) is 56.3 Å². The van der Waals surface area contributed by atoms with Crippen molar-refractivity contribution in [2.45, 2.75) is 59.5 Å². The predicted octanol–water partition coefficient (Wildman–Crippen LogP) is 6.07. The van der Waals surface area contributed by atoms with Crippen LogP contribution >= 0.6 is 0 Å². The van der Waals surface area contributed by atoms with Crippen LogP contribution in [0.15, 0.2) is 24.3 Å². The first kappa shape index (κ1) is 34.7. The molecule has 2 atom stereocenters. The summed E-state index contributed by atoms with van der Waals surface area (Å²) < 4.78 is 13.3. The van der Waals surface area contributed by atoms with Crippen LogP contribution in [0.4, 0.5) is 10.5 Å².